The number of rotatable bonds is 23. The second kappa shape index (κ2) is 25.6. The van der Waals surface area contributed by atoms with Gasteiger partial charge in [0.2, 0.25) is 10.0 Å². The summed E-state index contributed by atoms with van der Waals surface area (Å²) in [5.74, 6) is -0.931. The number of nitrogens with one attached hydrogen (secondary N) is 2. The van der Waals surface area contributed by atoms with Crippen LogP contribution in [0.1, 0.15) is 19.3 Å². The first-order valence-electron chi connectivity index (χ1n) is 16.5. The molecule has 0 bridgehead atoms. The molecular weight excluding hydrogens is 637 g/mol. The highest BCUT2D eigenvalue weighted by Gasteiger charge is 2.51. The molecule has 39 heteroatoms. The lowest BCUT2D eigenvalue weighted by atomic mass is 8.32. The lowest BCUT2D eigenvalue weighted by Gasteiger charge is -2.49. The normalized spacial score (nSPS) is 10.9. The van der Waals surface area contributed by atoms with E-state index in [2.05, 4.69) is 10.0 Å². The Morgan fingerprint density at radius 2 is 1.10 bits per heavy atom. The topological polar surface area (TPSA) is 136 Å². The van der Waals surface area contributed by atoms with Crippen LogP contribution in [0.2, 0.25) is 0 Å². The Balaban J connectivity index is 0.00000103. The van der Waals surface area contributed by atoms with E-state index in [4.69, 9.17) is 131 Å². The summed E-state index contributed by atoms with van der Waals surface area (Å²) in [7, 11) is 87.5. The minimum atomic E-state index is -3.67. The molecule has 0 heterocycles. The Labute approximate surface area is 339 Å². The first-order valence-corrected chi connectivity index (χ1v) is 18.0. The number of hydrogen-bond acceptors (Lipinski definition) is 6. The Hall–Kier alpha value is 0.428. The third-order valence-corrected chi connectivity index (χ3v) is 10.4. The maximum atomic E-state index is 12.0. The van der Waals surface area contributed by atoms with Gasteiger partial charge in [0.1, 0.15) is 6.04 Å². The maximum Gasteiger partial charge on any atom is 0.488 e. The SMILES string of the molecule is CN[C@@H](CCCCNS(=O)(=O)c1ccc(B(O)O)cc1)C(=O)O.[B][B]B(B([B])[B])B(B(B([B])[B])B([B])[B])B(B(B([B])[B])B([B])[B])B(B([B])[B])B([B])[B]. The maximum absolute atomic E-state index is 12.0. The van der Waals surface area contributed by atoms with Gasteiger partial charge in [-0.25, -0.2) is 13.1 Å². The summed E-state index contributed by atoms with van der Waals surface area (Å²) in [5, 5.41) is 29.5. The van der Waals surface area contributed by atoms with E-state index < -0.39 is 112 Å². The second-order valence-electron chi connectivity index (χ2n) is 12.7. The van der Waals surface area contributed by atoms with Crippen molar-refractivity contribution in [3.8, 4) is 0 Å². The largest absolute Gasteiger partial charge is 0.488 e. The van der Waals surface area contributed by atoms with Gasteiger partial charge in [-0.05, 0) is 43.9 Å². The van der Waals surface area contributed by atoms with Gasteiger partial charge in [-0.3, -0.25) is 4.79 Å². The highest BCUT2D eigenvalue weighted by molar-refractivity contribution is 8.26. The van der Waals surface area contributed by atoms with E-state index in [1.54, 1.807) is 7.05 Å². The first kappa shape index (κ1) is 52.4. The molecule has 1 aromatic rings. The highest BCUT2D eigenvalue weighted by Crippen LogP contribution is 2.14. The lowest BCUT2D eigenvalue weighted by molar-refractivity contribution is -0.139. The van der Waals surface area contributed by atoms with E-state index in [9.17, 15) is 13.2 Å². The van der Waals surface area contributed by atoms with Gasteiger partial charge >= 0.3 is 13.1 Å². The van der Waals surface area contributed by atoms with Crippen LogP contribution in [0.15, 0.2) is 29.2 Å². The minimum absolute atomic E-state index is 0.0283. The molecule has 5 N–H and O–H groups in total. The molecule has 1 atom stereocenters. The van der Waals surface area contributed by atoms with Crippen LogP contribution in [0.3, 0.4) is 0 Å². The van der Waals surface area contributed by atoms with Gasteiger partial charge < -0.3 is 20.5 Å². The van der Waals surface area contributed by atoms with Crippen molar-refractivity contribution in [1.82, 2.24) is 10.0 Å². The molecule has 0 saturated carbocycles. The van der Waals surface area contributed by atoms with Crippen LogP contribution in [0.5, 0.6) is 0 Å². The standard InChI is InChI=1S/C13H21BN2O6S.B29/c1-15-12(13(17)18)4-2-3-9-16-23(21,22)11-7-5-10(6-8-11)14(19)20;1-16-24(17(2)3)28(25(18(4)5)19(6)7)29(26(20(8)9)21(10)11)27(22(12)13)23(14)15/h5-8,12,15-16,19-20H,2-4,9H2,1H3,(H,17,18);/t12-;/m0./s1. The molecule has 0 saturated heterocycles. The van der Waals surface area contributed by atoms with E-state index in [0.29, 0.717) is 19.3 Å². The molecule has 1 aromatic carbocycles. The molecule has 0 spiro atoms. The molecular formula is C13H21B30N2O6S. The zero-order chi connectivity index (χ0) is 40.7. The smallest absolute Gasteiger partial charge is 0.480 e. The molecule has 1 rings (SSSR count). The molecule has 8 nitrogen and oxygen atoms in total. The van der Waals surface area contributed by atoms with E-state index in [1.807, 2.05) is 0 Å². The molecule has 52 heavy (non-hydrogen) atoms. The summed E-state index contributed by atoms with van der Waals surface area (Å²) in [6.45, 7) is 0.197. The van der Waals surface area contributed by atoms with Crippen LogP contribution in [0.4, 0.5) is 0 Å². The van der Waals surface area contributed by atoms with Crippen molar-refractivity contribution in [2.75, 3.05) is 13.6 Å². The van der Waals surface area contributed by atoms with Crippen LogP contribution in [-0.2, 0) is 14.8 Å². The van der Waals surface area contributed by atoms with E-state index in [-0.39, 0.29) is 16.9 Å². The Bertz CT molecular complexity index is 1200. The Kier molecular flexibility index (Phi) is 25.8. The molecule has 0 fully saturated rings. The number of likely N-dealkylation sites (N-methyl/N-ethyl adjacent to an activating group) is 1. The molecule has 215 valence electrons. The van der Waals surface area contributed by atoms with Crippen molar-refractivity contribution >= 4 is 235 Å². The third kappa shape index (κ3) is 16.9. The van der Waals surface area contributed by atoms with Gasteiger partial charge in [0.15, 0.2) is 0 Å². The predicted octanol–water partition coefficient (Wildman–Crippen LogP) is -12.6. The van der Waals surface area contributed by atoms with Gasteiger partial charge in [-0.2, -0.15) is 0 Å². The lowest BCUT2D eigenvalue weighted by Crippen LogP contribution is -2.87. The number of hydrogen-bond donors (Lipinski definition) is 5. The molecule has 0 aromatic heterocycles. The molecule has 0 amide bonds. The van der Waals surface area contributed by atoms with Crippen molar-refractivity contribution in [2.45, 2.75) is 30.2 Å². The van der Waals surface area contributed by atoms with Crippen molar-refractivity contribution in [2.24, 2.45) is 0 Å². The fourth-order valence-corrected chi connectivity index (χ4v) is 7.41. The summed E-state index contributed by atoms with van der Waals surface area (Å²) in [4.78, 5) is 10.8. The van der Waals surface area contributed by atoms with Gasteiger partial charge in [-0.15, -0.1) is 0 Å². The first-order chi connectivity index (χ1) is 24.0. The van der Waals surface area contributed by atoms with Crippen molar-refractivity contribution < 1.29 is 28.4 Å². The number of benzene rings is 1. The predicted molar refractivity (Wildman–Crippen MR) is 253 cm³/mol. The zero-order valence-electron chi connectivity index (χ0n) is 29.5. The summed E-state index contributed by atoms with van der Waals surface area (Å²) in [5.41, 5.74) is 0.204. The average Bonchev–Trinajstić information content (AvgIpc) is 3.01. The number of sulfonamides is 1. The number of unbranched alkanes of at least 4 members (excludes halogenated alkanes) is 1. The van der Waals surface area contributed by atoms with Crippen LogP contribution < -0.4 is 15.5 Å². The third-order valence-electron chi connectivity index (χ3n) is 8.90. The fraction of sp³-hybridized carbons (Fsp3) is 0.462. The Morgan fingerprint density at radius 1 is 0.692 bits per heavy atom. The fourth-order valence-electron chi connectivity index (χ4n) is 6.34. The summed E-state index contributed by atoms with van der Waals surface area (Å²) in [6.07, 6.45) is -10.4. The summed E-state index contributed by atoms with van der Waals surface area (Å²) >= 11 is 0. The molecule has 0 aliphatic rings. The van der Waals surface area contributed by atoms with Gasteiger partial charge in [0.05, 0.1) is 4.90 Å². The Morgan fingerprint density at radius 3 is 1.40 bits per heavy atom. The van der Waals surface area contributed by atoms with Gasteiger partial charge in [0.25, 0.3) is 0 Å². The van der Waals surface area contributed by atoms with E-state index in [1.165, 1.54) is 31.3 Å². The van der Waals surface area contributed by atoms with Crippen LogP contribution in [0, 0.1) is 0 Å². The molecule has 0 aliphatic heterocycles. The van der Waals surface area contributed by atoms with E-state index >= 15 is 0 Å². The number of carboxylic acid groups (broad SMARTS) is 1. The quantitative estimate of drug-likeness (QED) is 0.0583. The van der Waals surface area contributed by atoms with E-state index in [0.717, 1.165) is 0 Å². The monoisotopic (exact) mass is 663 g/mol. The molecule has 0 aliphatic carbocycles. The molecule has 31 radical (unpaired) electrons. The zero-order valence-corrected chi connectivity index (χ0v) is 30.3. The van der Waals surface area contributed by atoms with Crippen LogP contribution in [0.25, 0.3) is 0 Å². The average molecular weight is 658 g/mol. The highest BCUT2D eigenvalue weighted by atomic mass is 32.2. The summed E-state index contributed by atoms with van der Waals surface area (Å²) < 4.78 is 26.5. The number of carboxylic acids is 1. The van der Waals surface area contributed by atoms with Gasteiger partial charge in [-0.1, -0.05) is 12.1 Å². The minimum Gasteiger partial charge on any atom is -0.480 e. The van der Waals surface area contributed by atoms with Crippen LogP contribution in [-0.4, -0.2) is 262 Å². The van der Waals surface area contributed by atoms with Crippen molar-refractivity contribution in [1.29, 1.82) is 0 Å². The molecule has 0 unspecified atom stereocenters. The van der Waals surface area contributed by atoms with Crippen LogP contribution >= 0.6 is 0 Å². The van der Waals surface area contributed by atoms with Crippen molar-refractivity contribution in [3.63, 3.8) is 0 Å². The van der Waals surface area contributed by atoms with Crippen molar-refractivity contribution in [3.05, 3.63) is 24.3 Å². The number of carbonyl (C=O) groups is 1. The van der Waals surface area contributed by atoms with Gasteiger partial charge in [0, 0.05) is 213 Å². The second-order valence-corrected chi connectivity index (χ2v) is 14.5. The summed E-state index contributed by atoms with van der Waals surface area (Å²) in [6, 6.07) is 4.59. The number of aliphatic carboxylic acids is 1.